The average molecular weight is 420 g/mol. The predicted molar refractivity (Wildman–Crippen MR) is 120 cm³/mol. The van der Waals surface area contributed by atoms with Gasteiger partial charge in [-0.25, -0.2) is 0 Å². The van der Waals surface area contributed by atoms with Crippen molar-refractivity contribution in [3.8, 4) is 6.07 Å². The van der Waals surface area contributed by atoms with Crippen molar-refractivity contribution in [3.63, 3.8) is 0 Å². The van der Waals surface area contributed by atoms with E-state index in [1.54, 1.807) is 0 Å². The Morgan fingerprint density at radius 3 is 2.68 bits per heavy atom. The largest absolute Gasteiger partial charge is 0.462 e. The Hall–Kier alpha value is -2.32. The van der Waals surface area contributed by atoms with Crippen molar-refractivity contribution in [1.29, 1.82) is 5.26 Å². The number of esters is 1. The topological polar surface area (TPSA) is 56.6 Å². The molecule has 0 unspecified atom stereocenters. The number of nitrogens with zero attached hydrogens (tertiary/aromatic N) is 3. The fourth-order valence-corrected chi connectivity index (χ4v) is 6.68. The van der Waals surface area contributed by atoms with Crippen LogP contribution in [0.5, 0.6) is 0 Å². The molecule has 2 aliphatic heterocycles. The number of benzene rings is 1. The van der Waals surface area contributed by atoms with E-state index in [4.69, 9.17) is 10.00 Å². The van der Waals surface area contributed by atoms with Gasteiger partial charge in [0.1, 0.15) is 6.10 Å². The monoisotopic (exact) mass is 419 g/mol. The minimum Gasteiger partial charge on any atom is -0.462 e. The molecule has 5 heteroatoms. The van der Waals surface area contributed by atoms with Crippen LogP contribution in [0, 0.1) is 34.5 Å². The number of carbonyl (C=O) groups excluding carboxylic acids is 1. The van der Waals surface area contributed by atoms with Crippen LogP contribution in [0.4, 0.5) is 5.69 Å². The maximum Gasteiger partial charge on any atom is 0.310 e. The van der Waals surface area contributed by atoms with E-state index in [-0.39, 0.29) is 23.4 Å². The first-order valence-corrected chi connectivity index (χ1v) is 11.8. The molecule has 0 aromatic heterocycles. The molecule has 1 aromatic rings. The molecule has 1 aromatic carbocycles. The number of hydrogen-bond acceptors (Lipinski definition) is 5. The number of piperazine rings is 1. The van der Waals surface area contributed by atoms with Crippen LogP contribution in [0.1, 0.15) is 44.6 Å². The summed E-state index contributed by atoms with van der Waals surface area (Å²) in [6, 6.07) is 10.0. The lowest BCUT2D eigenvalue weighted by Crippen LogP contribution is -2.50. The smallest absolute Gasteiger partial charge is 0.310 e. The zero-order chi connectivity index (χ0) is 21.6. The molecule has 4 fully saturated rings. The van der Waals surface area contributed by atoms with Gasteiger partial charge in [0.25, 0.3) is 0 Å². The van der Waals surface area contributed by atoms with Crippen molar-refractivity contribution < 1.29 is 9.53 Å². The van der Waals surface area contributed by atoms with Gasteiger partial charge >= 0.3 is 5.97 Å². The highest BCUT2D eigenvalue weighted by Gasteiger charge is 2.55. The van der Waals surface area contributed by atoms with Crippen molar-refractivity contribution >= 4 is 11.7 Å². The first kappa shape index (κ1) is 20.6. The number of carbonyl (C=O) groups is 1. The second kappa shape index (κ2) is 7.98. The zero-order valence-corrected chi connectivity index (χ0v) is 18.6. The van der Waals surface area contributed by atoms with Crippen molar-refractivity contribution in [1.82, 2.24) is 4.90 Å². The zero-order valence-electron chi connectivity index (χ0n) is 18.6. The van der Waals surface area contributed by atoms with Gasteiger partial charge in [-0.3, -0.25) is 9.69 Å². The van der Waals surface area contributed by atoms with Gasteiger partial charge in [0, 0.05) is 44.3 Å². The molecule has 2 saturated heterocycles. The molecule has 0 spiro atoms. The molecular weight excluding hydrogens is 386 g/mol. The third-order valence-corrected chi connectivity index (χ3v) is 8.51. The van der Waals surface area contributed by atoms with Crippen LogP contribution in [-0.4, -0.2) is 49.7 Å². The molecular formula is C26H33N3O2. The highest BCUT2D eigenvalue weighted by Crippen LogP contribution is 2.56. The van der Waals surface area contributed by atoms with E-state index in [0.717, 1.165) is 52.0 Å². The van der Waals surface area contributed by atoms with E-state index >= 15 is 0 Å². The molecule has 5 atom stereocenters. The van der Waals surface area contributed by atoms with E-state index in [1.807, 2.05) is 24.3 Å². The number of allylic oxidation sites excluding steroid dienone is 1. The molecule has 5 nitrogen and oxygen atoms in total. The van der Waals surface area contributed by atoms with Crippen LogP contribution in [0.2, 0.25) is 0 Å². The van der Waals surface area contributed by atoms with Gasteiger partial charge in [-0.15, -0.1) is 0 Å². The second-order valence-corrected chi connectivity index (χ2v) is 10.4. The fraction of sp³-hybridized carbons (Fsp3) is 0.615. The van der Waals surface area contributed by atoms with Crippen LogP contribution >= 0.6 is 0 Å². The van der Waals surface area contributed by atoms with Gasteiger partial charge in [0.15, 0.2) is 0 Å². The summed E-state index contributed by atoms with van der Waals surface area (Å²) in [5.41, 5.74) is 3.53. The van der Waals surface area contributed by atoms with E-state index < -0.39 is 0 Å². The van der Waals surface area contributed by atoms with E-state index in [0.29, 0.717) is 17.4 Å². The number of anilines is 1. The van der Waals surface area contributed by atoms with Crippen molar-refractivity contribution in [2.75, 3.05) is 37.6 Å². The van der Waals surface area contributed by atoms with Gasteiger partial charge in [-0.2, -0.15) is 5.26 Å². The van der Waals surface area contributed by atoms with Gasteiger partial charge in [-0.1, -0.05) is 19.1 Å². The van der Waals surface area contributed by atoms with Crippen LogP contribution < -0.4 is 4.90 Å². The SMILES string of the molecule is C=C1CCC[C@]2(C)C[C@H]3OC(=O)[C@H](CN4CCN(c5ccc(C#N)cc5)CC4)[C@H]3C[C@@H]12. The second-order valence-electron chi connectivity index (χ2n) is 10.4. The minimum atomic E-state index is 0.00531. The summed E-state index contributed by atoms with van der Waals surface area (Å²) >= 11 is 0. The normalized spacial score (nSPS) is 35.8. The highest BCUT2D eigenvalue weighted by atomic mass is 16.6. The molecule has 4 aliphatic rings. The number of nitriles is 1. The van der Waals surface area contributed by atoms with Gasteiger partial charge < -0.3 is 9.64 Å². The first-order chi connectivity index (χ1) is 15.0. The summed E-state index contributed by atoms with van der Waals surface area (Å²) in [5, 5.41) is 8.99. The lowest BCUT2D eigenvalue weighted by Gasteiger charge is -2.50. The summed E-state index contributed by atoms with van der Waals surface area (Å²) in [4.78, 5) is 17.7. The molecule has 2 saturated carbocycles. The Labute approximate surface area is 185 Å². The maximum atomic E-state index is 12.8. The lowest BCUT2D eigenvalue weighted by atomic mass is 9.55. The third kappa shape index (κ3) is 3.76. The summed E-state index contributed by atoms with van der Waals surface area (Å²) in [7, 11) is 0. The van der Waals surface area contributed by atoms with Gasteiger partial charge in [0.05, 0.1) is 17.6 Å². The molecule has 0 bridgehead atoms. The standard InChI is InChI=1S/C26H33N3O2/c1-18-4-3-9-26(2)15-24-21(14-23(18)26)22(25(30)31-24)17-28-10-12-29(13-11-28)20-7-5-19(16-27)6-8-20/h5-8,21-24H,1,3-4,9-15,17H2,2H3/t21-,22-,23+,24-,26-/m1/s1. The summed E-state index contributed by atoms with van der Waals surface area (Å²) in [6.45, 7) is 11.4. The Bertz CT molecular complexity index is 896. The maximum absolute atomic E-state index is 12.8. The lowest BCUT2D eigenvalue weighted by molar-refractivity contribution is -0.146. The number of ether oxygens (including phenoxy) is 1. The van der Waals surface area contributed by atoms with E-state index in [2.05, 4.69) is 29.4 Å². The highest BCUT2D eigenvalue weighted by molar-refractivity contribution is 5.75. The number of rotatable bonds is 3. The number of fused-ring (bicyclic) bond motifs is 2. The quantitative estimate of drug-likeness (QED) is 0.548. The Morgan fingerprint density at radius 1 is 1.23 bits per heavy atom. The van der Waals surface area contributed by atoms with Crippen LogP contribution in [0.3, 0.4) is 0 Å². The molecule has 2 heterocycles. The third-order valence-electron chi connectivity index (χ3n) is 8.51. The fourth-order valence-electron chi connectivity index (χ4n) is 6.68. The Kier molecular flexibility index (Phi) is 5.30. The van der Waals surface area contributed by atoms with Crippen LogP contribution in [0.25, 0.3) is 0 Å². The van der Waals surface area contributed by atoms with Crippen LogP contribution in [-0.2, 0) is 9.53 Å². The first-order valence-electron chi connectivity index (χ1n) is 11.8. The van der Waals surface area contributed by atoms with Gasteiger partial charge in [-0.05, 0) is 67.7 Å². The van der Waals surface area contributed by atoms with E-state index in [9.17, 15) is 4.79 Å². The van der Waals surface area contributed by atoms with Crippen molar-refractivity contribution in [2.45, 2.75) is 45.1 Å². The molecule has 0 radical (unpaired) electrons. The summed E-state index contributed by atoms with van der Waals surface area (Å²) in [5.74, 6) is 0.924. The number of hydrogen-bond donors (Lipinski definition) is 0. The van der Waals surface area contributed by atoms with Gasteiger partial charge in [0.2, 0.25) is 0 Å². The molecule has 0 amide bonds. The minimum absolute atomic E-state index is 0.00531. The molecule has 31 heavy (non-hydrogen) atoms. The predicted octanol–water partition coefficient (Wildman–Crippen LogP) is 3.99. The Balaban J connectivity index is 1.21. The average Bonchev–Trinajstić information content (AvgIpc) is 3.06. The van der Waals surface area contributed by atoms with Crippen LogP contribution in [0.15, 0.2) is 36.4 Å². The molecule has 0 N–H and O–H groups in total. The summed E-state index contributed by atoms with van der Waals surface area (Å²) < 4.78 is 5.95. The van der Waals surface area contributed by atoms with E-state index in [1.165, 1.54) is 24.1 Å². The molecule has 5 rings (SSSR count). The molecule has 2 aliphatic carbocycles. The molecule has 164 valence electrons. The van der Waals surface area contributed by atoms with Crippen molar-refractivity contribution in [2.24, 2.45) is 23.2 Å². The summed E-state index contributed by atoms with van der Waals surface area (Å²) in [6.07, 6.45) is 5.79. The Morgan fingerprint density at radius 2 is 1.97 bits per heavy atom. The van der Waals surface area contributed by atoms with Crippen molar-refractivity contribution in [3.05, 3.63) is 42.0 Å².